The zero-order valence-corrected chi connectivity index (χ0v) is 10.7. The third-order valence-electron chi connectivity index (χ3n) is 2.18. The van der Waals surface area contributed by atoms with E-state index in [-0.39, 0.29) is 17.9 Å². The van der Waals surface area contributed by atoms with Crippen molar-refractivity contribution in [3.8, 4) is 0 Å². The number of aromatic carboxylic acids is 1. The van der Waals surface area contributed by atoms with Gasteiger partial charge in [0.25, 0.3) is 0 Å². The molecule has 0 amide bonds. The summed E-state index contributed by atoms with van der Waals surface area (Å²) in [5.74, 6) is -0.968. The molecule has 0 aromatic carbocycles. The number of aryl methyl sites for hydroxylation is 1. The maximum atomic E-state index is 10.9. The van der Waals surface area contributed by atoms with Crippen molar-refractivity contribution in [1.82, 2.24) is 4.98 Å². The average Bonchev–Trinajstić information content (AvgIpc) is 2.26. The van der Waals surface area contributed by atoms with Crippen LogP contribution >= 0.6 is 0 Å². The van der Waals surface area contributed by atoms with E-state index in [0.29, 0.717) is 17.9 Å². The number of carboxylic acid groups (broad SMARTS) is 1. The molecule has 4 N–H and O–H groups in total. The molecule has 1 aromatic heterocycles. The van der Waals surface area contributed by atoms with Gasteiger partial charge in [0.05, 0.1) is 11.3 Å². The van der Waals surface area contributed by atoms with E-state index < -0.39 is 16.0 Å². The minimum absolute atomic E-state index is 0.0814. The molecule has 0 spiro atoms. The van der Waals surface area contributed by atoms with E-state index in [0.717, 1.165) is 0 Å². The fourth-order valence-corrected chi connectivity index (χ4v) is 1.69. The highest BCUT2D eigenvalue weighted by Gasteiger charge is 2.08. The van der Waals surface area contributed by atoms with Crippen molar-refractivity contribution >= 4 is 21.8 Å². The maximum Gasteiger partial charge on any atom is 0.335 e. The van der Waals surface area contributed by atoms with Gasteiger partial charge in [0, 0.05) is 12.2 Å². The summed E-state index contributed by atoms with van der Waals surface area (Å²) in [5, 5.41) is 16.5. The fourth-order valence-electron chi connectivity index (χ4n) is 1.30. The molecule has 1 heterocycles. The zero-order chi connectivity index (χ0) is 13.8. The number of aromatic nitrogens is 1. The van der Waals surface area contributed by atoms with Crippen LogP contribution in [0.15, 0.2) is 12.1 Å². The number of carboxylic acids is 1. The first-order valence-electron chi connectivity index (χ1n) is 5.30. The van der Waals surface area contributed by atoms with E-state index in [4.69, 9.17) is 10.2 Å². The summed E-state index contributed by atoms with van der Waals surface area (Å²) in [6, 6.07) is 2.83. The summed E-state index contributed by atoms with van der Waals surface area (Å²) >= 11 is 0. The van der Waals surface area contributed by atoms with Gasteiger partial charge in [0.2, 0.25) is 10.0 Å². The Morgan fingerprint density at radius 2 is 2.17 bits per heavy atom. The number of hydrogen-bond donors (Lipinski definition) is 3. The van der Waals surface area contributed by atoms with E-state index >= 15 is 0 Å². The molecule has 1 rings (SSSR count). The molecule has 1 aromatic rings. The number of pyridine rings is 1. The predicted octanol–water partition coefficient (Wildman–Crippen LogP) is 0.0426. The Hall–Kier alpha value is -1.67. The van der Waals surface area contributed by atoms with Crippen LogP contribution in [-0.2, 0) is 16.4 Å². The number of nitrogens with zero attached hydrogens (tertiary/aromatic N) is 1. The normalized spacial score (nSPS) is 11.2. The third-order valence-corrected chi connectivity index (χ3v) is 2.95. The lowest BCUT2D eigenvalue weighted by atomic mass is 10.2. The number of hydrogen-bond acceptors (Lipinski definition) is 5. The lowest BCUT2D eigenvalue weighted by molar-refractivity contribution is 0.0696. The van der Waals surface area contributed by atoms with Crippen molar-refractivity contribution in [1.29, 1.82) is 0 Å². The van der Waals surface area contributed by atoms with Crippen LogP contribution in [0.3, 0.4) is 0 Å². The Morgan fingerprint density at radius 3 is 2.67 bits per heavy atom. The van der Waals surface area contributed by atoms with E-state index in [9.17, 15) is 13.2 Å². The molecule has 18 heavy (non-hydrogen) atoms. The first-order chi connectivity index (χ1) is 8.31. The Bertz CT molecular complexity index is 542. The van der Waals surface area contributed by atoms with Crippen LogP contribution in [0.5, 0.6) is 0 Å². The summed E-state index contributed by atoms with van der Waals surface area (Å²) in [5.41, 5.74) is 0.730. The largest absolute Gasteiger partial charge is 0.478 e. The Labute approximate surface area is 105 Å². The molecule has 0 bridgehead atoms. The van der Waals surface area contributed by atoms with Gasteiger partial charge in [-0.25, -0.2) is 23.3 Å². The highest BCUT2D eigenvalue weighted by molar-refractivity contribution is 7.89. The summed E-state index contributed by atoms with van der Waals surface area (Å²) in [7, 11) is -3.54. The lowest BCUT2D eigenvalue weighted by Crippen LogP contribution is -2.22. The van der Waals surface area contributed by atoms with E-state index in [1.165, 1.54) is 12.1 Å². The van der Waals surface area contributed by atoms with Gasteiger partial charge in [-0.05, 0) is 18.6 Å². The number of rotatable bonds is 6. The van der Waals surface area contributed by atoms with Gasteiger partial charge < -0.3 is 10.4 Å². The molecule has 0 atom stereocenters. The Balaban J connectivity index is 2.82. The highest BCUT2D eigenvalue weighted by Crippen LogP contribution is 2.11. The number of sulfonamides is 1. The molecule has 7 nitrogen and oxygen atoms in total. The van der Waals surface area contributed by atoms with Crippen LogP contribution in [-0.4, -0.2) is 36.8 Å². The summed E-state index contributed by atoms with van der Waals surface area (Å²) < 4.78 is 21.5. The SMILES string of the molecule is CCc1cc(C(=O)O)cc(NCCS(N)(=O)=O)n1. The molecule has 0 radical (unpaired) electrons. The summed E-state index contributed by atoms with van der Waals surface area (Å²) in [4.78, 5) is 15.0. The number of primary sulfonamides is 1. The number of nitrogens with two attached hydrogens (primary N) is 1. The van der Waals surface area contributed by atoms with Crippen LogP contribution in [0, 0.1) is 0 Å². The van der Waals surface area contributed by atoms with Crippen molar-refractivity contribution in [2.24, 2.45) is 5.14 Å². The molecular weight excluding hydrogens is 258 g/mol. The highest BCUT2D eigenvalue weighted by atomic mass is 32.2. The second kappa shape index (κ2) is 5.78. The first kappa shape index (κ1) is 14.4. The third kappa shape index (κ3) is 4.68. The zero-order valence-electron chi connectivity index (χ0n) is 9.88. The van der Waals surface area contributed by atoms with Gasteiger partial charge in [0.15, 0.2) is 0 Å². The molecule has 0 aliphatic rings. The standard InChI is InChI=1S/C10H15N3O4S/c1-2-8-5-7(10(14)15)6-9(13-8)12-3-4-18(11,16)17/h5-6H,2-4H2,1H3,(H,12,13)(H,14,15)(H2,11,16,17). The average molecular weight is 273 g/mol. The van der Waals surface area contributed by atoms with E-state index in [1.807, 2.05) is 6.92 Å². The van der Waals surface area contributed by atoms with E-state index in [1.54, 1.807) is 0 Å². The van der Waals surface area contributed by atoms with Crippen LogP contribution in [0.4, 0.5) is 5.82 Å². The molecule has 0 unspecified atom stereocenters. The molecular formula is C10H15N3O4S. The molecule has 0 aliphatic carbocycles. The molecule has 0 fully saturated rings. The first-order valence-corrected chi connectivity index (χ1v) is 7.02. The minimum Gasteiger partial charge on any atom is -0.478 e. The number of anilines is 1. The molecule has 0 aliphatic heterocycles. The quantitative estimate of drug-likeness (QED) is 0.672. The van der Waals surface area contributed by atoms with Crippen LogP contribution < -0.4 is 10.5 Å². The van der Waals surface area contributed by atoms with Crippen molar-refractivity contribution in [2.75, 3.05) is 17.6 Å². The smallest absolute Gasteiger partial charge is 0.335 e. The van der Waals surface area contributed by atoms with E-state index in [2.05, 4.69) is 10.3 Å². The lowest BCUT2D eigenvalue weighted by Gasteiger charge is -2.07. The van der Waals surface area contributed by atoms with Crippen LogP contribution in [0.25, 0.3) is 0 Å². The van der Waals surface area contributed by atoms with Crippen molar-refractivity contribution in [3.05, 3.63) is 23.4 Å². The van der Waals surface area contributed by atoms with Crippen molar-refractivity contribution in [3.63, 3.8) is 0 Å². The fraction of sp³-hybridized carbons (Fsp3) is 0.400. The van der Waals surface area contributed by atoms with Gasteiger partial charge in [0.1, 0.15) is 5.82 Å². The summed E-state index contributed by atoms with van der Waals surface area (Å²) in [6.45, 7) is 1.93. The second-order valence-electron chi connectivity index (χ2n) is 3.68. The Morgan fingerprint density at radius 1 is 1.50 bits per heavy atom. The second-order valence-corrected chi connectivity index (χ2v) is 5.42. The summed E-state index contributed by atoms with van der Waals surface area (Å²) in [6.07, 6.45) is 0.588. The molecule has 0 saturated heterocycles. The monoisotopic (exact) mass is 273 g/mol. The van der Waals surface area contributed by atoms with Gasteiger partial charge in [-0.2, -0.15) is 0 Å². The number of nitrogens with one attached hydrogen (secondary N) is 1. The van der Waals surface area contributed by atoms with Crippen LogP contribution in [0.2, 0.25) is 0 Å². The van der Waals surface area contributed by atoms with Gasteiger partial charge in [-0.3, -0.25) is 0 Å². The van der Waals surface area contributed by atoms with Gasteiger partial charge >= 0.3 is 5.97 Å². The Kier molecular flexibility index (Phi) is 4.62. The molecule has 100 valence electrons. The van der Waals surface area contributed by atoms with Gasteiger partial charge in [-0.1, -0.05) is 6.92 Å². The maximum absolute atomic E-state index is 10.9. The topological polar surface area (TPSA) is 122 Å². The van der Waals surface area contributed by atoms with Crippen LogP contribution in [0.1, 0.15) is 23.0 Å². The van der Waals surface area contributed by atoms with Crippen molar-refractivity contribution in [2.45, 2.75) is 13.3 Å². The van der Waals surface area contributed by atoms with Gasteiger partial charge in [-0.15, -0.1) is 0 Å². The molecule has 8 heteroatoms. The molecule has 0 saturated carbocycles. The predicted molar refractivity (Wildman–Crippen MR) is 67.0 cm³/mol. The minimum atomic E-state index is -3.54. The van der Waals surface area contributed by atoms with Crippen molar-refractivity contribution < 1.29 is 18.3 Å². The number of carbonyl (C=O) groups is 1.